The van der Waals surface area contributed by atoms with Crippen LogP contribution in [0.2, 0.25) is 0 Å². The molecule has 0 aromatic carbocycles. The number of amides is 1. The Labute approximate surface area is 56.4 Å². The summed E-state index contributed by atoms with van der Waals surface area (Å²) in [6.07, 6.45) is -1.63. The third kappa shape index (κ3) is 9.95. The van der Waals surface area contributed by atoms with Gasteiger partial charge in [0.2, 0.25) is 0 Å². The molecular formula is C4H8FNO4. The van der Waals surface area contributed by atoms with Gasteiger partial charge in [-0.1, -0.05) is 0 Å². The van der Waals surface area contributed by atoms with E-state index in [0.29, 0.717) is 0 Å². The van der Waals surface area contributed by atoms with Crippen LogP contribution in [0.1, 0.15) is 6.92 Å². The summed E-state index contributed by atoms with van der Waals surface area (Å²) in [5.74, 6) is -1.01. The lowest BCUT2D eigenvalue weighted by molar-refractivity contribution is -0.133. The van der Waals surface area contributed by atoms with Gasteiger partial charge in [-0.05, 0) is 6.92 Å². The van der Waals surface area contributed by atoms with E-state index in [4.69, 9.17) is 15.1 Å². The number of nitrogens with one attached hydrogen (secondary N) is 1. The first kappa shape index (κ1) is 11.6. The molecule has 0 saturated heterocycles. The minimum Gasteiger partial charge on any atom is -0.483 e. The van der Waals surface area contributed by atoms with Gasteiger partial charge in [-0.25, -0.2) is 9.87 Å². The molecule has 0 fully saturated rings. The van der Waals surface area contributed by atoms with E-state index in [1.165, 1.54) is 0 Å². The van der Waals surface area contributed by atoms with Crippen molar-refractivity contribution < 1.29 is 24.3 Å². The van der Waals surface area contributed by atoms with E-state index in [1.807, 2.05) is 0 Å². The van der Waals surface area contributed by atoms with Gasteiger partial charge in [0, 0.05) is 0 Å². The van der Waals surface area contributed by atoms with Crippen molar-refractivity contribution in [2.45, 2.75) is 13.1 Å². The van der Waals surface area contributed by atoms with Gasteiger partial charge in [0.05, 0.1) is 0 Å². The molecule has 5 nitrogen and oxygen atoms in total. The molecular weight excluding hydrogens is 145 g/mol. The van der Waals surface area contributed by atoms with Crippen LogP contribution in [0.5, 0.6) is 0 Å². The fourth-order valence-corrected chi connectivity index (χ4v) is 0.0889. The van der Waals surface area contributed by atoms with Crippen molar-refractivity contribution in [3.05, 3.63) is 0 Å². The topological polar surface area (TPSA) is 86.6 Å². The Bertz CT molecular complexity index is 105. The molecule has 0 aliphatic heterocycles. The predicted octanol–water partition coefficient (Wildman–Crippen LogP) is -0.449. The average Bonchev–Trinajstić information content (AvgIpc) is 1.88. The highest BCUT2D eigenvalue weighted by Crippen LogP contribution is 1.83. The second kappa shape index (κ2) is 7.83. The lowest BCUT2D eigenvalue weighted by atomic mass is 10.4. The van der Waals surface area contributed by atoms with E-state index >= 15 is 0 Å². The number of rotatable bonds is 1. The van der Waals surface area contributed by atoms with Crippen LogP contribution in [0.15, 0.2) is 0 Å². The zero-order valence-electron chi connectivity index (χ0n) is 5.24. The Balaban J connectivity index is 0. The summed E-state index contributed by atoms with van der Waals surface area (Å²) in [7, 11) is 0. The molecule has 0 bridgehead atoms. The zero-order chi connectivity index (χ0) is 8.57. The lowest BCUT2D eigenvalue weighted by Gasteiger charge is -1.93. The summed E-state index contributed by atoms with van der Waals surface area (Å²) in [5, 5.41) is 14.6. The first-order valence-corrected chi connectivity index (χ1v) is 2.26. The summed E-state index contributed by atoms with van der Waals surface area (Å²) in [6, 6.07) is 0. The van der Waals surface area contributed by atoms with E-state index in [2.05, 4.69) is 0 Å². The van der Waals surface area contributed by atoms with Crippen molar-refractivity contribution in [2.24, 2.45) is 0 Å². The van der Waals surface area contributed by atoms with Crippen LogP contribution < -0.4 is 5.48 Å². The molecule has 0 spiro atoms. The van der Waals surface area contributed by atoms with E-state index in [-0.39, 0.29) is 6.47 Å². The first-order valence-electron chi connectivity index (χ1n) is 2.26. The number of carbonyl (C=O) groups excluding carboxylic acids is 1. The molecule has 3 N–H and O–H groups in total. The number of carboxylic acid groups (broad SMARTS) is 1. The van der Waals surface area contributed by atoms with Gasteiger partial charge in [0.1, 0.15) is 0 Å². The van der Waals surface area contributed by atoms with Gasteiger partial charge >= 0.3 is 0 Å². The fraction of sp³-hybridized carbons (Fsp3) is 0.500. The third-order valence-corrected chi connectivity index (χ3v) is 0.471. The average molecular weight is 153 g/mol. The van der Waals surface area contributed by atoms with Gasteiger partial charge in [0.15, 0.2) is 6.17 Å². The molecule has 0 heterocycles. The maximum Gasteiger partial charge on any atom is 0.290 e. The SMILES string of the molecule is CC(F)C(=O)NO.O=CO. The Morgan fingerprint density at radius 3 is 2.10 bits per heavy atom. The fourth-order valence-electron chi connectivity index (χ4n) is 0.0889. The van der Waals surface area contributed by atoms with E-state index < -0.39 is 12.1 Å². The molecule has 1 atom stereocenters. The maximum absolute atomic E-state index is 11.5. The number of hydrogen-bond donors (Lipinski definition) is 3. The normalized spacial score (nSPS) is 10.3. The van der Waals surface area contributed by atoms with Crippen molar-refractivity contribution in [3.8, 4) is 0 Å². The van der Waals surface area contributed by atoms with Gasteiger partial charge in [0.25, 0.3) is 12.4 Å². The zero-order valence-corrected chi connectivity index (χ0v) is 5.24. The number of alkyl halides is 1. The lowest BCUT2D eigenvalue weighted by Crippen LogP contribution is -2.26. The number of hydroxylamine groups is 1. The monoisotopic (exact) mass is 153 g/mol. The highest BCUT2D eigenvalue weighted by atomic mass is 19.1. The highest BCUT2D eigenvalue weighted by Gasteiger charge is 2.06. The first-order chi connectivity index (χ1) is 4.59. The second-order valence-electron chi connectivity index (χ2n) is 1.20. The molecule has 0 aliphatic carbocycles. The summed E-state index contributed by atoms with van der Waals surface area (Å²) in [5.41, 5.74) is 1.15. The van der Waals surface area contributed by atoms with Crippen molar-refractivity contribution in [3.63, 3.8) is 0 Å². The van der Waals surface area contributed by atoms with Gasteiger partial charge in [-0.15, -0.1) is 0 Å². The Morgan fingerprint density at radius 2 is 2.10 bits per heavy atom. The van der Waals surface area contributed by atoms with Crippen LogP contribution in [0.25, 0.3) is 0 Å². The summed E-state index contributed by atoms with van der Waals surface area (Å²) in [4.78, 5) is 18.1. The number of halogens is 1. The molecule has 0 saturated carbocycles. The molecule has 0 radical (unpaired) electrons. The van der Waals surface area contributed by atoms with Crippen LogP contribution in [0.4, 0.5) is 4.39 Å². The molecule has 0 aliphatic rings. The predicted molar refractivity (Wildman–Crippen MR) is 29.2 cm³/mol. The summed E-state index contributed by atoms with van der Waals surface area (Å²) < 4.78 is 11.5. The van der Waals surface area contributed by atoms with Crippen molar-refractivity contribution >= 4 is 12.4 Å². The Kier molecular flexibility index (Phi) is 9.09. The molecule has 10 heavy (non-hydrogen) atoms. The van der Waals surface area contributed by atoms with Crippen LogP contribution in [-0.4, -0.2) is 28.9 Å². The van der Waals surface area contributed by atoms with Crippen LogP contribution >= 0.6 is 0 Å². The standard InChI is InChI=1S/C3H6FNO2.CH2O2/c1-2(4)3(6)5-7;2-1-3/h2,7H,1H3,(H,5,6);1H,(H,2,3). The van der Waals surface area contributed by atoms with Crippen LogP contribution in [0, 0.1) is 0 Å². The molecule has 6 heteroatoms. The highest BCUT2D eigenvalue weighted by molar-refractivity contribution is 5.78. The van der Waals surface area contributed by atoms with E-state index in [0.717, 1.165) is 12.4 Å². The van der Waals surface area contributed by atoms with E-state index in [1.54, 1.807) is 0 Å². The largest absolute Gasteiger partial charge is 0.483 e. The number of hydrogen-bond acceptors (Lipinski definition) is 3. The summed E-state index contributed by atoms with van der Waals surface area (Å²) in [6.45, 7) is 0.783. The van der Waals surface area contributed by atoms with Gasteiger partial charge in [-0.2, -0.15) is 0 Å². The quantitative estimate of drug-likeness (QED) is 0.270. The molecule has 1 unspecified atom stereocenters. The van der Waals surface area contributed by atoms with Gasteiger partial charge < -0.3 is 5.11 Å². The van der Waals surface area contributed by atoms with Crippen molar-refractivity contribution in [2.75, 3.05) is 0 Å². The smallest absolute Gasteiger partial charge is 0.290 e. The Hall–Kier alpha value is -1.17. The van der Waals surface area contributed by atoms with Crippen LogP contribution in [-0.2, 0) is 9.59 Å². The van der Waals surface area contributed by atoms with Crippen molar-refractivity contribution in [1.29, 1.82) is 0 Å². The molecule has 0 rings (SSSR count). The summed E-state index contributed by atoms with van der Waals surface area (Å²) >= 11 is 0. The molecule has 60 valence electrons. The van der Waals surface area contributed by atoms with E-state index in [9.17, 15) is 9.18 Å². The second-order valence-corrected chi connectivity index (χ2v) is 1.20. The molecule has 0 aromatic heterocycles. The maximum atomic E-state index is 11.5. The van der Waals surface area contributed by atoms with Crippen molar-refractivity contribution in [1.82, 2.24) is 5.48 Å². The number of carbonyl (C=O) groups is 2. The minimum atomic E-state index is -1.63. The molecule has 0 aromatic rings. The van der Waals surface area contributed by atoms with Gasteiger partial charge in [-0.3, -0.25) is 14.8 Å². The molecule has 1 amide bonds. The Morgan fingerprint density at radius 1 is 1.80 bits per heavy atom. The van der Waals surface area contributed by atoms with Crippen LogP contribution in [0.3, 0.4) is 0 Å². The minimum absolute atomic E-state index is 0.250. The third-order valence-electron chi connectivity index (χ3n) is 0.471.